The van der Waals surface area contributed by atoms with Gasteiger partial charge in [0.2, 0.25) is 5.76 Å². The Morgan fingerprint density at radius 2 is 2.12 bits per heavy atom. The summed E-state index contributed by atoms with van der Waals surface area (Å²) < 4.78 is 5.20. The molecule has 0 bridgehead atoms. The van der Waals surface area contributed by atoms with Gasteiger partial charge in [-0.25, -0.2) is 4.98 Å². The number of aliphatic hydroxyl groups excluding tert-OH is 1. The lowest BCUT2D eigenvalue weighted by Crippen LogP contribution is -2.34. The number of hydrogen-bond acceptors (Lipinski definition) is 4. The van der Waals surface area contributed by atoms with Gasteiger partial charge in [0, 0.05) is 13.0 Å². The van der Waals surface area contributed by atoms with Gasteiger partial charge < -0.3 is 14.8 Å². The van der Waals surface area contributed by atoms with E-state index in [0.29, 0.717) is 18.0 Å². The van der Waals surface area contributed by atoms with Crippen LogP contribution in [0, 0.1) is 13.8 Å². The first-order valence-corrected chi connectivity index (χ1v) is 5.33. The Kier molecular flexibility index (Phi) is 4.06. The van der Waals surface area contributed by atoms with Gasteiger partial charge in [-0.3, -0.25) is 4.79 Å². The fraction of sp³-hybridized carbons (Fsp3) is 0.636. The van der Waals surface area contributed by atoms with Crippen LogP contribution in [0.1, 0.15) is 42.4 Å². The number of aromatic nitrogens is 1. The van der Waals surface area contributed by atoms with E-state index in [2.05, 4.69) is 10.3 Å². The van der Waals surface area contributed by atoms with Crippen molar-refractivity contribution in [3.8, 4) is 0 Å². The van der Waals surface area contributed by atoms with Gasteiger partial charge in [-0.15, -0.1) is 0 Å². The lowest BCUT2D eigenvalue weighted by molar-refractivity contribution is 0.0893. The van der Waals surface area contributed by atoms with Crippen molar-refractivity contribution >= 4 is 5.91 Å². The molecule has 0 radical (unpaired) electrons. The number of nitrogens with zero attached hydrogens (tertiary/aromatic N) is 1. The Bertz CT molecular complexity index is 371. The van der Waals surface area contributed by atoms with Crippen molar-refractivity contribution < 1.29 is 14.3 Å². The number of aryl methyl sites for hydroxylation is 2. The molecule has 1 rings (SSSR count). The lowest BCUT2D eigenvalue weighted by atomic mass is 10.1. The molecule has 2 N–H and O–H groups in total. The molecule has 0 fully saturated rings. The minimum absolute atomic E-state index is 0.0997. The highest BCUT2D eigenvalue weighted by Crippen LogP contribution is 2.09. The molecule has 2 atom stereocenters. The van der Waals surface area contributed by atoms with Crippen LogP contribution in [0.25, 0.3) is 0 Å². The normalized spacial score (nSPS) is 14.6. The maximum atomic E-state index is 11.7. The average molecular weight is 226 g/mol. The summed E-state index contributed by atoms with van der Waals surface area (Å²) in [5.41, 5.74) is 0.583. The smallest absolute Gasteiger partial charge is 0.289 e. The van der Waals surface area contributed by atoms with Gasteiger partial charge in [0.1, 0.15) is 0 Å². The van der Waals surface area contributed by atoms with E-state index >= 15 is 0 Å². The Balaban J connectivity index is 2.62. The third-order valence-corrected chi connectivity index (χ3v) is 2.18. The van der Waals surface area contributed by atoms with Gasteiger partial charge in [-0.1, -0.05) is 0 Å². The molecule has 1 amide bonds. The number of oxazole rings is 1. The molecule has 16 heavy (non-hydrogen) atoms. The van der Waals surface area contributed by atoms with Gasteiger partial charge in [0.05, 0.1) is 11.8 Å². The molecule has 1 heterocycles. The molecule has 1 aromatic rings. The van der Waals surface area contributed by atoms with Crippen LogP contribution in [0.3, 0.4) is 0 Å². The second-order valence-corrected chi connectivity index (χ2v) is 4.11. The lowest BCUT2D eigenvalue weighted by Gasteiger charge is -2.14. The first-order chi connectivity index (χ1) is 7.40. The van der Waals surface area contributed by atoms with E-state index in [1.54, 1.807) is 20.8 Å². The molecule has 0 spiro atoms. The van der Waals surface area contributed by atoms with E-state index in [1.165, 1.54) is 0 Å². The Morgan fingerprint density at radius 1 is 1.50 bits per heavy atom. The summed E-state index contributed by atoms with van der Waals surface area (Å²) in [5, 5.41) is 11.9. The fourth-order valence-electron chi connectivity index (χ4n) is 1.60. The number of hydrogen-bond donors (Lipinski definition) is 2. The molecule has 0 aromatic carbocycles. The van der Waals surface area contributed by atoms with Crippen LogP contribution in [0.2, 0.25) is 0 Å². The van der Waals surface area contributed by atoms with Gasteiger partial charge >= 0.3 is 0 Å². The summed E-state index contributed by atoms with van der Waals surface area (Å²) >= 11 is 0. The van der Waals surface area contributed by atoms with Crippen LogP contribution >= 0.6 is 0 Å². The van der Waals surface area contributed by atoms with Crippen molar-refractivity contribution in [2.45, 2.75) is 46.3 Å². The van der Waals surface area contributed by atoms with Gasteiger partial charge in [-0.05, 0) is 27.2 Å². The first-order valence-electron chi connectivity index (χ1n) is 5.33. The van der Waals surface area contributed by atoms with E-state index in [9.17, 15) is 9.90 Å². The van der Waals surface area contributed by atoms with Gasteiger partial charge in [0.15, 0.2) is 5.89 Å². The summed E-state index contributed by atoms with van der Waals surface area (Å²) in [7, 11) is 0. The van der Waals surface area contributed by atoms with Gasteiger partial charge in [-0.2, -0.15) is 0 Å². The second-order valence-electron chi connectivity index (χ2n) is 4.11. The van der Waals surface area contributed by atoms with E-state index in [0.717, 1.165) is 0 Å². The molecule has 1 aromatic heterocycles. The van der Waals surface area contributed by atoms with Crippen molar-refractivity contribution in [1.82, 2.24) is 10.3 Å². The zero-order valence-corrected chi connectivity index (χ0v) is 10.1. The second kappa shape index (κ2) is 5.12. The van der Waals surface area contributed by atoms with Crippen LogP contribution in [0.15, 0.2) is 4.42 Å². The summed E-state index contributed by atoms with van der Waals surface area (Å²) in [6.07, 6.45) is 0.0746. The largest absolute Gasteiger partial charge is 0.436 e. The highest BCUT2D eigenvalue weighted by atomic mass is 16.4. The quantitative estimate of drug-likeness (QED) is 0.808. The van der Waals surface area contributed by atoms with Gasteiger partial charge in [0.25, 0.3) is 5.91 Å². The predicted octanol–water partition coefficient (Wildman–Crippen LogP) is 1.18. The molecular formula is C11H18N2O3. The highest BCUT2D eigenvalue weighted by Gasteiger charge is 2.18. The zero-order chi connectivity index (χ0) is 12.3. The van der Waals surface area contributed by atoms with E-state index in [1.807, 2.05) is 6.92 Å². The topological polar surface area (TPSA) is 75.4 Å². The van der Waals surface area contributed by atoms with Crippen LogP contribution in [-0.2, 0) is 0 Å². The molecule has 0 aliphatic rings. The summed E-state index contributed by atoms with van der Waals surface area (Å²) in [4.78, 5) is 15.8. The third kappa shape index (κ3) is 3.34. The SMILES string of the molecule is Cc1nc(C)c(C(=O)NC(C)CC(C)O)o1. The van der Waals surface area contributed by atoms with Crippen molar-refractivity contribution in [1.29, 1.82) is 0 Å². The number of carbonyl (C=O) groups is 1. The monoisotopic (exact) mass is 226 g/mol. The summed E-state index contributed by atoms with van der Waals surface area (Å²) in [6.45, 7) is 6.95. The number of nitrogens with one attached hydrogen (secondary N) is 1. The molecule has 0 aliphatic carbocycles. The summed E-state index contributed by atoms with van der Waals surface area (Å²) in [5.74, 6) is 0.437. The van der Waals surface area contributed by atoms with Crippen LogP contribution in [0.5, 0.6) is 0 Å². The number of carbonyl (C=O) groups excluding carboxylic acids is 1. The van der Waals surface area contributed by atoms with Crippen molar-refractivity contribution in [3.63, 3.8) is 0 Å². The molecule has 0 saturated carbocycles. The Labute approximate surface area is 94.9 Å². The Hall–Kier alpha value is -1.36. The third-order valence-electron chi connectivity index (χ3n) is 2.18. The maximum Gasteiger partial charge on any atom is 0.289 e. The highest BCUT2D eigenvalue weighted by molar-refractivity contribution is 5.92. The predicted molar refractivity (Wildman–Crippen MR) is 59.2 cm³/mol. The fourth-order valence-corrected chi connectivity index (χ4v) is 1.60. The van der Waals surface area contributed by atoms with Crippen molar-refractivity contribution in [2.24, 2.45) is 0 Å². The molecule has 0 saturated heterocycles. The van der Waals surface area contributed by atoms with E-state index < -0.39 is 6.10 Å². The van der Waals surface area contributed by atoms with Crippen molar-refractivity contribution in [3.05, 3.63) is 17.3 Å². The van der Waals surface area contributed by atoms with Crippen LogP contribution < -0.4 is 5.32 Å². The molecular weight excluding hydrogens is 208 g/mol. The molecule has 0 aliphatic heterocycles. The average Bonchev–Trinajstić information content (AvgIpc) is 2.43. The zero-order valence-electron chi connectivity index (χ0n) is 10.1. The number of amides is 1. The van der Waals surface area contributed by atoms with E-state index in [4.69, 9.17) is 4.42 Å². The number of rotatable bonds is 4. The summed E-state index contributed by atoms with van der Waals surface area (Å²) in [6, 6.07) is -0.0997. The van der Waals surface area contributed by atoms with E-state index in [-0.39, 0.29) is 17.7 Å². The van der Waals surface area contributed by atoms with Crippen LogP contribution in [-0.4, -0.2) is 28.1 Å². The molecule has 5 nitrogen and oxygen atoms in total. The first kappa shape index (κ1) is 12.7. The van der Waals surface area contributed by atoms with Crippen molar-refractivity contribution in [2.75, 3.05) is 0 Å². The maximum absolute atomic E-state index is 11.7. The number of aliphatic hydroxyl groups is 1. The Morgan fingerprint density at radius 3 is 2.56 bits per heavy atom. The molecule has 2 unspecified atom stereocenters. The minimum Gasteiger partial charge on any atom is -0.436 e. The molecule has 5 heteroatoms. The minimum atomic E-state index is -0.437. The molecule has 90 valence electrons. The standard InChI is InChI=1S/C11H18N2O3/c1-6(5-7(2)14)12-11(15)10-8(3)13-9(4)16-10/h6-7,14H,5H2,1-4H3,(H,12,15). The van der Waals surface area contributed by atoms with Crippen LogP contribution in [0.4, 0.5) is 0 Å².